The van der Waals surface area contributed by atoms with Gasteiger partial charge in [-0.25, -0.2) is 0 Å². The molecule has 2 saturated heterocycles. The van der Waals surface area contributed by atoms with Gasteiger partial charge in [0.1, 0.15) is 0 Å². The summed E-state index contributed by atoms with van der Waals surface area (Å²) < 4.78 is 0.780. The predicted molar refractivity (Wildman–Crippen MR) is 79.8 cm³/mol. The minimum absolute atomic E-state index is 0.0154. The number of piperazine rings is 1. The van der Waals surface area contributed by atoms with Crippen molar-refractivity contribution in [1.82, 2.24) is 9.80 Å². The fourth-order valence-corrected chi connectivity index (χ4v) is 3.29. The Morgan fingerprint density at radius 3 is 2.90 bits per heavy atom. The van der Waals surface area contributed by atoms with Crippen LogP contribution in [0, 0.1) is 0 Å². The zero-order chi connectivity index (χ0) is 14.3. The van der Waals surface area contributed by atoms with Crippen LogP contribution in [-0.4, -0.2) is 47.3 Å². The summed E-state index contributed by atoms with van der Waals surface area (Å²) in [6, 6.07) is 5.42. The van der Waals surface area contributed by atoms with E-state index in [2.05, 4.69) is 15.9 Å². The highest BCUT2D eigenvalue weighted by Crippen LogP contribution is 2.26. The first kappa shape index (κ1) is 13.9. The molecule has 1 atom stereocenters. The van der Waals surface area contributed by atoms with Gasteiger partial charge in [-0.15, -0.1) is 0 Å². The molecule has 0 bridgehead atoms. The third-order valence-electron chi connectivity index (χ3n) is 3.95. The Labute approximate surface area is 130 Å². The largest absolute Gasteiger partial charge is 0.336 e. The Bertz CT molecular complexity index is 578. The molecule has 0 saturated carbocycles. The molecule has 1 aromatic rings. The molecule has 4 nitrogen and oxygen atoms in total. The predicted octanol–water partition coefficient (Wildman–Crippen LogP) is 2.55. The summed E-state index contributed by atoms with van der Waals surface area (Å²) in [6.45, 7) is 1.85. The van der Waals surface area contributed by atoms with Crippen molar-refractivity contribution >= 4 is 39.3 Å². The average Bonchev–Trinajstić information content (AvgIpc) is 2.82. The third-order valence-corrected chi connectivity index (χ3v) is 5.18. The number of hydrogen-bond acceptors (Lipinski definition) is 2. The number of hydrogen-bond donors (Lipinski definition) is 0. The number of halogens is 2. The smallest absolute Gasteiger partial charge is 0.254 e. The van der Waals surface area contributed by atoms with Gasteiger partial charge in [0.2, 0.25) is 5.91 Å². The van der Waals surface area contributed by atoms with E-state index in [-0.39, 0.29) is 17.9 Å². The molecule has 0 radical (unpaired) electrons. The minimum Gasteiger partial charge on any atom is -0.336 e. The lowest BCUT2D eigenvalue weighted by molar-refractivity contribution is -0.130. The summed E-state index contributed by atoms with van der Waals surface area (Å²) in [6.07, 6.45) is 1.46. The molecule has 2 fully saturated rings. The summed E-state index contributed by atoms with van der Waals surface area (Å²) in [7, 11) is 0. The Hall–Kier alpha value is -1.07. The maximum atomic E-state index is 12.5. The van der Waals surface area contributed by atoms with Crippen molar-refractivity contribution in [2.45, 2.75) is 18.9 Å². The van der Waals surface area contributed by atoms with Crippen molar-refractivity contribution in [3.05, 3.63) is 33.3 Å². The molecule has 2 aliphatic rings. The van der Waals surface area contributed by atoms with Crippen LogP contribution in [0.15, 0.2) is 22.7 Å². The third kappa shape index (κ3) is 2.44. The summed E-state index contributed by atoms with van der Waals surface area (Å²) in [5, 5.41) is 0.533. The van der Waals surface area contributed by atoms with E-state index in [4.69, 9.17) is 11.6 Å². The van der Waals surface area contributed by atoms with Gasteiger partial charge in [0, 0.05) is 42.1 Å². The van der Waals surface area contributed by atoms with Crippen molar-refractivity contribution in [3.8, 4) is 0 Å². The SMILES string of the molecule is O=C(c1ccc(Br)c(Cl)c1)N1CCN2C(=O)CCC2C1. The second-order valence-corrected chi connectivity index (χ2v) is 6.42. The Morgan fingerprint density at radius 1 is 1.35 bits per heavy atom. The van der Waals surface area contributed by atoms with E-state index < -0.39 is 0 Å². The maximum absolute atomic E-state index is 12.5. The van der Waals surface area contributed by atoms with E-state index in [9.17, 15) is 9.59 Å². The van der Waals surface area contributed by atoms with Gasteiger partial charge >= 0.3 is 0 Å². The molecule has 0 N–H and O–H groups in total. The van der Waals surface area contributed by atoms with E-state index >= 15 is 0 Å². The minimum atomic E-state index is -0.0154. The zero-order valence-electron chi connectivity index (χ0n) is 10.8. The van der Waals surface area contributed by atoms with Crippen LogP contribution in [0.3, 0.4) is 0 Å². The van der Waals surface area contributed by atoms with Gasteiger partial charge in [0.05, 0.1) is 5.02 Å². The summed E-state index contributed by atoms with van der Waals surface area (Å²) in [5.41, 5.74) is 0.593. The normalized spacial score (nSPS) is 22.1. The number of carbonyl (C=O) groups excluding carboxylic acids is 2. The number of carbonyl (C=O) groups is 2. The number of nitrogens with zero attached hydrogens (tertiary/aromatic N) is 2. The highest BCUT2D eigenvalue weighted by atomic mass is 79.9. The monoisotopic (exact) mass is 356 g/mol. The van der Waals surface area contributed by atoms with Crippen LogP contribution in [0.25, 0.3) is 0 Å². The molecule has 6 heteroatoms. The molecular weight excluding hydrogens is 344 g/mol. The van der Waals surface area contributed by atoms with Crippen molar-refractivity contribution in [2.75, 3.05) is 19.6 Å². The topological polar surface area (TPSA) is 40.6 Å². The molecule has 1 aromatic carbocycles. The van der Waals surface area contributed by atoms with Crippen molar-refractivity contribution in [2.24, 2.45) is 0 Å². The summed E-state index contributed by atoms with van der Waals surface area (Å²) in [5.74, 6) is 0.201. The standard InChI is InChI=1S/C14H14BrClN2O2/c15-11-3-1-9(7-12(11)16)14(20)17-5-6-18-10(8-17)2-4-13(18)19/h1,3,7,10H,2,4-6,8H2. The highest BCUT2D eigenvalue weighted by Gasteiger charge is 2.37. The Kier molecular flexibility index (Phi) is 3.73. The zero-order valence-corrected chi connectivity index (χ0v) is 13.2. The van der Waals surface area contributed by atoms with Gasteiger partial charge in [-0.1, -0.05) is 11.6 Å². The molecule has 0 aliphatic carbocycles. The highest BCUT2D eigenvalue weighted by molar-refractivity contribution is 9.10. The van der Waals surface area contributed by atoms with Gasteiger partial charge in [0.15, 0.2) is 0 Å². The van der Waals surface area contributed by atoms with E-state index in [1.807, 2.05) is 9.80 Å². The molecule has 20 heavy (non-hydrogen) atoms. The van der Waals surface area contributed by atoms with Crippen LogP contribution in [-0.2, 0) is 4.79 Å². The summed E-state index contributed by atoms with van der Waals surface area (Å²) in [4.78, 5) is 27.8. The van der Waals surface area contributed by atoms with Gasteiger partial charge < -0.3 is 9.80 Å². The van der Waals surface area contributed by atoms with Gasteiger partial charge in [-0.2, -0.15) is 0 Å². The second-order valence-electron chi connectivity index (χ2n) is 5.16. The quantitative estimate of drug-likeness (QED) is 0.775. The molecule has 2 amide bonds. The van der Waals surface area contributed by atoms with Crippen molar-refractivity contribution < 1.29 is 9.59 Å². The number of benzene rings is 1. The lowest BCUT2D eigenvalue weighted by atomic mass is 10.1. The Balaban J connectivity index is 1.75. The van der Waals surface area contributed by atoms with E-state index in [1.165, 1.54) is 0 Å². The number of fused-ring (bicyclic) bond motifs is 1. The first-order chi connectivity index (χ1) is 9.56. The van der Waals surface area contributed by atoms with Gasteiger partial charge in [0.25, 0.3) is 5.91 Å². The average molecular weight is 358 g/mol. The van der Waals surface area contributed by atoms with Gasteiger partial charge in [-0.05, 0) is 40.5 Å². The van der Waals surface area contributed by atoms with Gasteiger partial charge in [-0.3, -0.25) is 9.59 Å². The number of amides is 2. The lowest BCUT2D eigenvalue weighted by Crippen LogP contribution is -2.53. The van der Waals surface area contributed by atoms with E-state index in [0.717, 1.165) is 10.9 Å². The fourth-order valence-electron chi connectivity index (χ4n) is 2.86. The van der Waals surface area contributed by atoms with Crippen LogP contribution < -0.4 is 0 Å². The number of rotatable bonds is 1. The van der Waals surface area contributed by atoms with Crippen LogP contribution in [0.2, 0.25) is 5.02 Å². The van der Waals surface area contributed by atoms with Crippen LogP contribution >= 0.6 is 27.5 Å². The van der Waals surface area contributed by atoms with Crippen molar-refractivity contribution in [3.63, 3.8) is 0 Å². The fraction of sp³-hybridized carbons (Fsp3) is 0.429. The molecule has 2 aliphatic heterocycles. The molecule has 1 unspecified atom stereocenters. The summed E-state index contributed by atoms with van der Waals surface area (Å²) >= 11 is 9.35. The second kappa shape index (κ2) is 5.37. The molecule has 0 spiro atoms. The first-order valence-electron chi connectivity index (χ1n) is 6.60. The van der Waals surface area contributed by atoms with Crippen LogP contribution in [0.1, 0.15) is 23.2 Å². The molecule has 2 heterocycles. The van der Waals surface area contributed by atoms with E-state index in [1.54, 1.807) is 18.2 Å². The van der Waals surface area contributed by atoms with Crippen molar-refractivity contribution in [1.29, 1.82) is 0 Å². The Morgan fingerprint density at radius 2 is 2.15 bits per heavy atom. The lowest BCUT2D eigenvalue weighted by Gasteiger charge is -2.37. The molecule has 3 rings (SSSR count). The van der Waals surface area contributed by atoms with Crippen LogP contribution in [0.4, 0.5) is 0 Å². The molecule has 106 valence electrons. The van der Waals surface area contributed by atoms with E-state index in [0.29, 0.717) is 36.6 Å². The van der Waals surface area contributed by atoms with Crippen LogP contribution in [0.5, 0.6) is 0 Å². The first-order valence-corrected chi connectivity index (χ1v) is 7.77. The maximum Gasteiger partial charge on any atom is 0.254 e. The molecular formula is C14H14BrClN2O2. The molecule has 0 aromatic heterocycles.